The summed E-state index contributed by atoms with van der Waals surface area (Å²) in [6.45, 7) is 8.95. The summed E-state index contributed by atoms with van der Waals surface area (Å²) in [5.41, 5.74) is 0.724. The highest BCUT2D eigenvalue weighted by atomic mass is 16.5. The largest absolute Gasteiger partial charge is 0.381 e. The highest BCUT2D eigenvalue weighted by Gasteiger charge is 2.10. The van der Waals surface area contributed by atoms with Crippen LogP contribution in [0.25, 0.3) is 0 Å². The monoisotopic (exact) mass is 266 g/mol. The maximum atomic E-state index is 11.9. The van der Waals surface area contributed by atoms with Crippen molar-refractivity contribution in [2.24, 2.45) is 0 Å². The van der Waals surface area contributed by atoms with E-state index >= 15 is 0 Å². The SMILES string of the molecule is CC(C)Nc1cnn(CCN2CCOCC2)c(=O)c1. The zero-order chi connectivity index (χ0) is 13.7. The van der Waals surface area contributed by atoms with E-state index in [0.717, 1.165) is 38.5 Å². The summed E-state index contributed by atoms with van der Waals surface area (Å²) in [6.07, 6.45) is 1.71. The third-order valence-electron chi connectivity index (χ3n) is 3.06. The van der Waals surface area contributed by atoms with E-state index in [1.807, 2.05) is 13.8 Å². The van der Waals surface area contributed by atoms with Gasteiger partial charge in [-0.2, -0.15) is 5.10 Å². The Kier molecular flexibility index (Phi) is 4.93. The Morgan fingerprint density at radius 2 is 2.11 bits per heavy atom. The number of hydrogen-bond donors (Lipinski definition) is 1. The smallest absolute Gasteiger partial charge is 0.268 e. The number of ether oxygens (including phenoxy) is 1. The maximum Gasteiger partial charge on any atom is 0.268 e. The first-order chi connectivity index (χ1) is 9.15. The molecular weight excluding hydrogens is 244 g/mol. The van der Waals surface area contributed by atoms with Gasteiger partial charge in [0, 0.05) is 31.7 Å². The van der Waals surface area contributed by atoms with Gasteiger partial charge < -0.3 is 10.1 Å². The fourth-order valence-electron chi connectivity index (χ4n) is 2.07. The number of nitrogens with zero attached hydrogens (tertiary/aromatic N) is 3. The van der Waals surface area contributed by atoms with Crippen LogP contribution in [0, 0.1) is 0 Å². The van der Waals surface area contributed by atoms with E-state index in [9.17, 15) is 4.79 Å². The Balaban J connectivity index is 1.91. The van der Waals surface area contributed by atoms with Gasteiger partial charge in [0.1, 0.15) is 0 Å². The van der Waals surface area contributed by atoms with E-state index in [1.165, 1.54) is 4.68 Å². The zero-order valence-corrected chi connectivity index (χ0v) is 11.6. The molecule has 1 saturated heterocycles. The van der Waals surface area contributed by atoms with Crippen molar-refractivity contribution in [3.63, 3.8) is 0 Å². The van der Waals surface area contributed by atoms with E-state index in [4.69, 9.17) is 4.74 Å². The summed E-state index contributed by atoms with van der Waals surface area (Å²) in [4.78, 5) is 14.2. The summed E-state index contributed by atoms with van der Waals surface area (Å²) in [7, 11) is 0. The molecule has 2 heterocycles. The summed E-state index contributed by atoms with van der Waals surface area (Å²) < 4.78 is 6.81. The van der Waals surface area contributed by atoms with Crippen molar-refractivity contribution in [3.05, 3.63) is 22.6 Å². The second-order valence-corrected chi connectivity index (χ2v) is 5.06. The molecule has 19 heavy (non-hydrogen) atoms. The van der Waals surface area contributed by atoms with Gasteiger partial charge in [-0.15, -0.1) is 0 Å². The van der Waals surface area contributed by atoms with Crippen LogP contribution < -0.4 is 10.9 Å². The molecule has 0 atom stereocenters. The van der Waals surface area contributed by atoms with Crippen molar-refractivity contribution in [1.82, 2.24) is 14.7 Å². The summed E-state index contributed by atoms with van der Waals surface area (Å²) in [6, 6.07) is 1.90. The van der Waals surface area contributed by atoms with E-state index in [2.05, 4.69) is 15.3 Å². The Bertz CT molecular complexity index is 452. The number of nitrogens with one attached hydrogen (secondary N) is 1. The topological polar surface area (TPSA) is 59.4 Å². The molecule has 1 aromatic rings. The molecule has 1 aromatic heterocycles. The van der Waals surface area contributed by atoms with Crippen LogP contribution in [-0.4, -0.2) is 53.6 Å². The van der Waals surface area contributed by atoms with Crippen LogP contribution >= 0.6 is 0 Å². The number of hydrogen-bond acceptors (Lipinski definition) is 5. The molecule has 0 unspecified atom stereocenters. The molecule has 6 nitrogen and oxygen atoms in total. The zero-order valence-electron chi connectivity index (χ0n) is 11.6. The molecule has 1 aliphatic rings. The predicted octanol–water partition coefficient (Wildman–Crippen LogP) is 0.396. The molecule has 0 spiro atoms. The van der Waals surface area contributed by atoms with Crippen molar-refractivity contribution in [2.45, 2.75) is 26.4 Å². The second-order valence-electron chi connectivity index (χ2n) is 5.06. The van der Waals surface area contributed by atoms with Crippen molar-refractivity contribution in [3.8, 4) is 0 Å². The number of aromatic nitrogens is 2. The predicted molar refractivity (Wildman–Crippen MR) is 74.5 cm³/mol. The molecule has 1 N–H and O–H groups in total. The summed E-state index contributed by atoms with van der Waals surface area (Å²) in [5, 5.41) is 7.37. The lowest BCUT2D eigenvalue weighted by molar-refractivity contribution is 0.0358. The minimum Gasteiger partial charge on any atom is -0.381 e. The molecule has 6 heteroatoms. The standard InChI is InChI=1S/C13H22N4O2/c1-11(2)15-12-9-13(18)17(14-10-12)4-3-16-5-7-19-8-6-16/h9-11,15H,3-8H2,1-2H3. The average molecular weight is 266 g/mol. The van der Waals surface area contributed by atoms with Crippen LogP contribution in [0.5, 0.6) is 0 Å². The first kappa shape index (κ1) is 14.0. The number of rotatable bonds is 5. The van der Waals surface area contributed by atoms with Crippen molar-refractivity contribution >= 4 is 5.69 Å². The Labute approximate surface area is 113 Å². The van der Waals surface area contributed by atoms with Crippen molar-refractivity contribution in [1.29, 1.82) is 0 Å². The van der Waals surface area contributed by atoms with Crippen molar-refractivity contribution < 1.29 is 4.74 Å². The molecular formula is C13H22N4O2. The lowest BCUT2D eigenvalue weighted by atomic mass is 10.3. The average Bonchev–Trinajstić information content (AvgIpc) is 2.38. The summed E-state index contributed by atoms with van der Waals surface area (Å²) in [5.74, 6) is 0. The Morgan fingerprint density at radius 1 is 1.37 bits per heavy atom. The molecule has 0 radical (unpaired) electrons. The van der Waals surface area contributed by atoms with Crippen LogP contribution in [0.15, 0.2) is 17.1 Å². The van der Waals surface area contributed by atoms with Crippen LogP contribution in [-0.2, 0) is 11.3 Å². The second kappa shape index (κ2) is 6.68. The molecule has 1 aliphatic heterocycles. The molecule has 1 fully saturated rings. The normalized spacial score (nSPS) is 16.8. The van der Waals surface area contributed by atoms with Gasteiger partial charge in [0.25, 0.3) is 5.56 Å². The third-order valence-corrected chi connectivity index (χ3v) is 3.06. The van der Waals surface area contributed by atoms with Gasteiger partial charge in [-0.05, 0) is 13.8 Å². The van der Waals surface area contributed by atoms with E-state index in [0.29, 0.717) is 12.6 Å². The van der Waals surface area contributed by atoms with Gasteiger partial charge in [0.05, 0.1) is 31.6 Å². The molecule has 0 bridgehead atoms. The van der Waals surface area contributed by atoms with Gasteiger partial charge in [-0.1, -0.05) is 0 Å². The third kappa shape index (κ3) is 4.33. The van der Waals surface area contributed by atoms with Gasteiger partial charge in [-0.3, -0.25) is 9.69 Å². The number of morpholine rings is 1. The quantitative estimate of drug-likeness (QED) is 0.836. The lowest BCUT2D eigenvalue weighted by Crippen LogP contribution is -2.39. The first-order valence-corrected chi connectivity index (χ1v) is 6.79. The van der Waals surface area contributed by atoms with Gasteiger partial charge in [0.2, 0.25) is 0 Å². The fraction of sp³-hybridized carbons (Fsp3) is 0.692. The van der Waals surface area contributed by atoms with Crippen LogP contribution in [0.2, 0.25) is 0 Å². The van der Waals surface area contributed by atoms with E-state index in [-0.39, 0.29) is 5.56 Å². The minimum absolute atomic E-state index is 0.0566. The van der Waals surface area contributed by atoms with Gasteiger partial charge in [-0.25, -0.2) is 4.68 Å². The summed E-state index contributed by atoms with van der Waals surface area (Å²) >= 11 is 0. The fourth-order valence-corrected chi connectivity index (χ4v) is 2.07. The molecule has 0 aromatic carbocycles. The van der Waals surface area contributed by atoms with E-state index < -0.39 is 0 Å². The van der Waals surface area contributed by atoms with Crippen LogP contribution in [0.1, 0.15) is 13.8 Å². The molecule has 0 saturated carbocycles. The highest BCUT2D eigenvalue weighted by molar-refractivity contribution is 5.39. The molecule has 2 rings (SSSR count). The van der Waals surface area contributed by atoms with E-state index in [1.54, 1.807) is 12.3 Å². The number of anilines is 1. The highest BCUT2D eigenvalue weighted by Crippen LogP contribution is 2.02. The van der Waals surface area contributed by atoms with Crippen LogP contribution in [0.4, 0.5) is 5.69 Å². The first-order valence-electron chi connectivity index (χ1n) is 6.79. The van der Waals surface area contributed by atoms with Gasteiger partial charge in [0.15, 0.2) is 0 Å². The molecule has 0 amide bonds. The molecule has 106 valence electrons. The molecule has 0 aliphatic carbocycles. The lowest BCUT2D eigenvalue weighted by Gasteiger charge is -2.26. The van der Waals surface area contributed by atoms with Crippen molar-refractivity contribution in [2.75, 3.05) is 38.2 Å². The maximum absolute atomic E-state index is 11.9. The Morgan fingerprint density at radius 3 is 2.74 bits per heavy atom. The van der Waals surface area contributed by atoms with Crippen LogP contribution in [0.3, 0.4) is 0 Å². The Hall–Kier alpha value is -1.40. The van der Waals surface area contributed by atoms with Gasteiger partial charge >= 0.3 is 0 Å². The minimum atomic E-state index is -0.0566.